The summed E-state index contributed by atoms with van der Waals surface area (Å²) in [6, 6.07) is 6.59. The average molecular weight is 251 g/mol. The Balaban J connectivity index is 1.85. The van der Waals surface area contributed by atoms with Crippen molar-refractivity contribution < 1.29 is 5.11 Å². The molecule has 1 aliphatic rings. The summed E-state index contributed by atoms with van der Waals surface area (Å²) >= 11 is 1.84. The lowest BCUT2D eigenvalue weighted by Crippen LogP contribution is -2.40. The monoisotopic (exact) mass is 251 g/mol. The van der Waals surface area contributed by atoms with E-state index in [0.29, 0.717) is 6.54 Å². The second-order valence-electron chi connectivity index (χ2n) is 5.13. The fourth-order valence-corrected chi connectivity index (χ4v) is 3.64. The van der Waals surface area contributed by atoms with Gasteiger partial charge in [-0.1, -0.05) is 29.3 Å². The zero-order chi connectivity index (χ0) is 12.3. The van der Waals surface area contributed by atoms with Crippen molar-refractivity contribution in [1.82, 2.24) is 5.32 Å². The fourth-order valence-electron chi connectivity index (χ4n) is 2.35. The number of aryl methyl sites for hydroxylation is 2. The maximum absolute atomic E-state index is 10.2. The van der Waals surface area contributed by atoms with E-state index >= 15 is 0 Å². The molecule has 2 nitrogen and oxygen atoms in total. The van der Waals surface area contributed by atoms with E-state index in [4.69, 9.17) is 0 Å². The maximum atomic E-state index is 10.2. The number of nitrogens with one attached hydrogen (secondary N) is 1. The van der Waals surface area contributed by atoms with Gasteiger partial charge in [0.15, 0.2) is 0 Å². The quantitative estimate of drug-likeness (QED) is 0.861. The molecule has 1 saturated heterocycles. The lowest BCUT2D eigenvalue weighted by Gasteiger charge is -2.21. The zero-order valence-corrected chi connectivity index (χ0v) is 11.4. The molecule has 1 unspecified atom stereocenters. The molecular formula is C14H21NOS. The van der Waals surface area contributed by atoms with Crippen molar-refractivity contribution in [2.75, 3.05) is 18.1 Å². The van der Waals surface area contributed by atoms with Gasteiger partial charge in [-0.05, 0) is 31.6 Å². The third-order valence-electron chi connectivity index (χ3n) is 3.15. The largest absolute Gasteiger partial charge is 0.388 e. The third-order valence-corrected chi connectivity index (χ3v) is 4.38. The van der Waals surface area contributed by atoms with Crippen LogP contribution in [0.2, 0.25) is 0 Å². The molecule has 0 saturated carbocycles. The van der Waals surface area contributed by atoms with E-state index < -0.39 is 5.60 Å². The van der Waals surface area contributed by atoms with Crippen LogP contribution in [0.15, 0.2) is 18.2 Å². The Bertz CT molecular complexity index is 366. The van der Waals surface area contributed by atoms with Gasteiger partial charge in [-0.25, -0.2) is 0 Å². The first kappa shape index (κ1) is 12.9. The summed E-state index contributed by atoms with van der Waals surface area (Å²) in [6.07, 6.45) is 0.914. The van der Waals surface area contributed by atoms with Gasteiger partial charge in [0, 0.05) is 18.8 Å². The molecule has 94 valence electrons. The summed E-state index contributed by atoms with van der Waals surface area (Å²) in [5.41, 5.74) is 3.43. The standard InChI is InChI=1S/C14H21NOS/c1-11-5-12(2)7-13(6-11)8-15-9-14(16)3-4-17-10-14/h5-7,15-16H,3-4,8-10H2,1-2H3. The molecule has 3 heteroatoms. The molecule has 0 amide bonds. The Labute approximate surface area is 108 Å². The first-order chi connectivity index (χ1) is 8.07. The molecule has 1 aromatic rings. The topological polar surface area (TPSA) is 32.3 Å². The van der Waals surface area contributed by atoms with Gasteiger partial charge in [-0.15, -0.1) is 0 Å². The van der Waals surface area contributed by atoms with Crippen LogP contribution in [-0.2, 0) is 6.54 Å². The summed E-state index contributed by atoms with van der Waals surface area (Å²) in [4.78, 5) is 0. The summed E-state index contributed by atoms with van der Waals surface area (Å²) in [5, 5.41) is 13.6. The van der Waals surface area contributed by atoms with Crippen molar-refractivity contribution in [2.24, 2.45) is 0 Å². The van der Waals surface area contributed by atoms with E-state index in [0.717, 1.165) is 24.5 Å². The lowest BCUT2D eigenvalue weighted by atomic mass is 10.0. The number of hydrogen-bond acceptors (Lipinski definition) is 3. The molecular weight excluding hydrogens is 230 g/mol. The predicted octanol–water partition coefficient (Wildman–Crippen LogP) is 2.26. The maximum Gasteiger partial charge on any atom is 0.0869 e. The van der Waals surface area contributed by atoms with Crippen molar-refractivity contribution in [3.63, 3.8) is 0 Å². The molecule has 0 spiro atoms. The molecule has 2 rings (SSSR count). The third kappa shape index (κ3) is 3.73. The second-order valence-corrected chi connectivity index (χ2v) is 6.23. The highest BCUT2D eigenvalue weighted by atomic mass is 32.2. The van der Waals surface area contributed by atoms with Gasteiger partial charge in [-0.2, -0.15) is 11.8 Å². The Morgan fingerprint density at radius 3 is 2.59 bits per heavy atom. The van der Waals surface area contributed by atoms with Crippen LogP contribution in [0.25, 0.3) is 0 Å². The SMILES string of the molecule is Cc1cc(C)cc(CNCC2(O)CCSC2)c1. The van der Waals surface area contributed by atoms with Crippen LogP contribution < -0.4 is 5.32 Å². The molecule has 1 fully saturated rings. The predicted molar refractivity (Wildman–Crippen MR) is 74.5 cm³/mol. The van der Waals surface area contributed by atoms with Gasteiger partial charge in [0.2, 0.25) is 0 Å². The highest BCUT2D eigenvalue weighted by Crippen LogP contribution is 2.27. The summed E-state index contributed by atoms with van der Waals surface area (Å²) < 4.78 is 0. The van der Waals surface area contributed by atoms with Crippen LogP contribution in [0.4, 0.5) is 0 Å². The fraction of sp³-hybridized carbons (Fsp3) is 0.571. The summed E-state index contributed by atoms with van der Waals surface area (Å²) in [6.45, 7) is 5.79. The van der Waals surface area contributed by atoms with Gasteiger partial charge in [0.25, 0.3) is 0 Å². The van der Waals surface area contributed by atoms with E-state index in [1.807, 2.05) is 11.8 Å². The number of thioether (sulfide) groups is 1. The Kier molecular flexibility index (Phi) is 4.13. The molecule has 1 atom stereocenters. The van der Waals surface area contributed by atoms with Crippen molar-refractivity contribution in [3.05, 3.63) is 34.9 Å². The summed E-state index contributed by atoms with van der Waals surface area (Å²) in [7, 11) is 0. The van der Waals surface area contributed by atoms with E-state index in [2.05, 4.69) is 37.4 Å². The van der Waals surface area contributed by atoms with Crippen LogP contribution in [0.3, 0.4) is 0 Å². The van der Waals surface area contributed by atoms with Crippen LogP contribution in [-0.4, -0.2) is 28.8 Å². The van der Waals surface area contributed by atoms with E-state index in [9.17, 15) is 5.11 Å². The van der Waals surface area contributed by atoms with Crippen LogP contribution >= 0.6 is 11.8 Å². The minimum absolute atomic E-state index is 0.483. The smallest absolute Gasteiger partial charge is 0.0869 e. The van der Waals surface area contributed by atoms with Gasteiger partial charge < -0.3 is 10.4 Å². The zero-order valence-electron chi connectivity index (χ0n) is 10.6. The van der Waals surface area contributed by atoms with E-state index in [-0.39, 0.29) is 0 Å². The molecule has 0 aliphatic carbocycles. The molecule has 0 aromatic heterocycles. The van der Waals surface area contributed by atoms with E-state index in [1.54, 1.807) is 0 Å². The number of aliphatic hydroxyl groups is 1. The summed E-state index contributed by atoms with van der Waals surface area (Å²) in [5.74, 6) is 1.95. The van der Waals surface area contributed by atoms with Crippen molar-refractivity contribution in [2.45, 2.75) is 32.4 Å². The second kappa shape index (κ2) is 5.42. The minimum Gasteiger partial charge on any atom is -0.388 e. The number of hydrogen-bond donors (Lipinski definition) is 2. The van der Waals surface area contributed by atoms with Gasteiger partial charge in [0.05, 0.1) is 5.60 Å². The molecule has 1 aromatic carbocycles. The Morgan fingerprint density at radius 2 is 2.00 bits per heavy atom. The number of rotatable bonds is 4. The normalized spacial score (nSPS) is 24.2. The van der Waals surface area contributed by atoms with Crippen molar-refractivity contribution in [1.29, 1.82) is 0 Å². The van der Waals surface area contributed by atoms with E-state index in [1.165, 1.54) is 16.7 Å². The van der Waals surface area contributed by atoms with Gasteiger partial charge in [-0.3, -0.25) is 0 Å². The molecule has 2 N–H and O–H groups in total. The molecule has 17 heavy (non-hydrogen) atoms. The highest BCUT2D eigenvalue weighted by molar-refractivity contribution is 7.99. The van der Waals surface area contributed by atoms with Gasteiger partial charge in [0.1, 0.15) is 0 Å². The first-order valence-corrected chi connectivity index (χ1v) is 7.31. The first-order valence-electron chi connectivity index (χ1n) is 6.15. The van der Waals surface area contributed by atoms with Crippen LogP contribution in [0.5, 0.6) is 0 Å². The molecule has 1 aliphatic heterocycles. The number of benzene rings is 1. The van der Waals surface area contributed by atoms with Gasteiger partial charge >= 0.3 is 0 Å². The molecule has 0 bridgehead atoms. The lowest BCUT2D eigenvalue weighted by molar-refractivity contribution is 0.0675. The Morgan fingerprint density at radius 1 is 1.29 bits per heavy atom. The highest BCUT2D eigenvalue weighted by Gasteiger charge is 2.30. The molecule has 1 heterocycles. The Hall–Kier alpha value is -0.510. The van der Waals surface area contributed by atoms with Crippen molar-refractivity contribution in [3.8, 4) is 0 Å². The molecule has 0 radical (unpaired) electrons. The van der Waals surface area contributed by atoms with Crippen LogP contribution in [0, 0.1) is 13.8 Å². The van der Waals surface area contributed by atoms with Crippen molar-refractivity contribution >= 4 is 11.8 Å². The minimum atomic E-state index is -0.483. The van der Waals surface area contributed by atoms with Crippen LogP contribution in [0.1, 0.15) is 23.1 Å². The average Bonchev–Trinajstić information content (AvgIpc) is 2.64.